The first-order valence-corrected chi connectivity index (χ1v) is 13.7. The van der Waals surface area contributed by atoms with Crippen molar-refractivity contribution in [1.82, 2.24) is 0 Å². The zero-order chi connectivity index (χ0) is 29.5. The van der Waals surface area contributed by atoms with E-state index in [-0.39, 0.29) is 19.0 Å². The fourth-order valence-corrected chi connectivity index (χ4v) is 3.82. The van der Waals surface area contributed by atoms with E-state index in [9.17, 15) is 14.7 Å². The summed E-state index contributed by atoms with van der Waals surface area (Å²) in [6.45, 7) is 10.0. The first-order valence-electron chi connectivity index (χ1n) is 13.7. The van der Waals surface area contributed by atoms with Crippen LogP contribution >= 0.6 is 0 Å². The average molecular weight is 559 g/mol. The molecule has 1 N–H and O–H groups in total. The SMILES string of the molecule is C=CC(=O)OCCc1ccc(OC(=O)CCc2ccc(-c3ccc(OCCCCOC(O)C(=C)C)cc3)cc2)cc1. The number of ether oxygens (including phenoxy) is 4. The van der Waals surface area contributed by atoms with E-state index in [0.29, 0.717) is 37.4 Å². The Morgan fingerprint density at radius 2 is 1.37 bits per heavy atom. The third-order valence-corrected chi connectivity index (χ3v) is 6.22. The molecule has 0 aliphatic heterocycles. The molecular weight excluding hydrogens is 520 g/mol. The fourth-order valence-electron chi connectivity index (χ4n) is 3.82. The van der Waals surface area contributed by atoms with Crippen molar-refractivity contribution in [2.24, 2.45) is 0 Å². The van der Waals surface area contributed by atoms with Gasteiger partial charge in [0.1, 0.15) is 11.5 Å². The molecule has 1 unspecified atom stereocenters. The van der Waals surface area contributed by atoms with Gasteiger partial charge in [-0.3, -0.25) is 4.79 Å². The van der Waals surface area contributed by atoms with Crippen LogP contribution in [0.2, 0.25) is 0 Å². The van der Waals surface area contributed by atoms with Crippen LogP contribution in [-0.4, -0.2) is 43.2 Å². The van der Waals surface area contributed by atoms with E-state index in [1.54, 1.807) is 19.1 Å². The zero-order valence-electron chi connectivity index (χ0n) is 23.6. The maximum atomic E-state index is 12.3. The third-order valence-electron chi connectivity index (χ3n) is 6.22. The lowest BCUT2D eigenvalue weighted by atomic mass is 10.0. The Kier molecular flexibility index (Phi) is 12.8. The molecule has 0 saturated heterocycles. The summed E-state index contributed by atoms with van der Waals surface area (Å²) in [6.07, 6.45) is 3.26. The van der Waals surface area contributed by atoms with Crippen molar-refractivity contribution in [3.8, 4) is 22.6 Å². The number of benzene rings is 3. The highest BCUT2D eigenvalue weighted by atomic mass is 16.6. The lowest BCUT2D eigenvalue weighted by Gasteiger charge is -2.11. The minimum atomic E-state index is -0.904. The Balaban J connectivity index is 1.36. The molecule has 3 rings (SSSR count). The third kappa shape index (κ3) is 11.4. The van der Waals surface area contributed by atoms with Crippen LogP contribution in [0.4, 0.5) is 0 Å². The summed E-state index contributed by atoms with van der Waals surface area (Å²) in [5, 5.41) is 9.55. The average Bonchev–Trinajstić information content (AvgIpc) is 2.99. The Labute approximate surface area is 242 Å². The van der Waals surface area contributed by atoms with E-state index in [4.69, 9.17) is 18.9 Å². The second-order valence-corrected chi connectivity index (χ2v) is 9.59. The van der Waals surface area contributed by atoms with Crippen molar-refractivity contribution < 1.29 is 33.6 Å². The molecule has 0 heterocycles. The van der Waals surface area contributed by atoms with Crippen molar-refractivity contribution in [2.75, 3.05) is 19.8 Å². The molecule has 0 aliphatic rings. The molecule has 1 atom stereocenters. The molecule has 41 heavy (non-hydrogen) atoms. The van der Waals surface area contributed by atoms with E-state index < -0.39 is 12.3 Å². The monoisotopic (exact) mass is 558 g/mol. The molecule has 0 fully saturated rings. The lowest BCUT2D eigenvalue weighted by molar-refractivity contribution is -0.137. The normalized spacial score (nSPS) is 11.4. The maximum Gasteiger partial charge on any atom is 0.330 e. The van der Waals surface area contributed by atoms with E-state index >= 15 is 0 Å². The molecule has 3 aromatic carbocycles. The van der Waals surface area contributed by atoms with Gasteiger partial charge in [-0.05, 0) is 78.3 Å². The summed E-state index contributed by atoms with van der Waals surface area (Å²) >= 11 is 0. The van der Waals surface area contributed by atoms with Gasteiger partial charge in [0.05, 0.1) is 19.8 Å². The van der Waals surface area contributed by atoms with Gasteiger partial charge in [0.15, 0.2) is 6.29 Å². The van der Waals surface area contributed by atoms with Crippen LogP contribution in [0.5, 0.6) is 11.5 Å². The van der Waals surface area contributed by atoms with Gasteiger partial charge in [0.2, 0.25) is 0 Å². The predicted molar refractivity (Wildman–Crippen MR) is 159 cm³/mol. The van der Waals surface area contributed by atoms with Crippen molar-refractivity contribution in [3.05, 3.63) is 109 Å². The first kappa shape index (κ1) is 31.3. The largest absolute Gasteiger partial charge is 0.494 e. The molecule has 3 aromatic rings. The molecular formula is C34H38O7. The van der Waals surface area contributed by atoms with Gasteiger partial charge in [-0.2, -0.15) is 0 Å². The minimum Gasteiger partial charge on any atom is -0.494 e. The molecule has 0 saturated carbocycles. The van der Waals surface area contributed by atoms with Crippen LogP contribution in [0.3, 0.4) is 0 Å². The zero-order valence-corrected chi connectivity index (χ0v) is 23.6. The van der Waals surface area contributed by atoms with E-state index in [1.807, 2.05) is 60.7 Å². The van der Waals surface area contributed by atoms with E-state index in [2.05, 4.69) is 13.2 Å². The van der Waals surface area contributed by atoms with Gasteiger partial charge in [0.25, 0.3) is 0 Å². The number of carbonyl (C=O) groups is 2. The molecule has 7 heteroatoms. The van der Waals surface area contributed by atoms with Crippen molar-refractivity contribution in [3.63, 3.8) is 0 Å². The van der Waals surface area contributed by atoms with Crippen molar-refractivity contribution in [1.29, 1.82) is 0 Å². The van der Waals surface area contributed by atoms with Crippen LogP contribution in [0, 0.1) is 0 Å². The van der Waals surface area contributed by atoms with Gasteiger partial charge in [0, 0.05) is 18.9 Å². The van der Waals surface area contributed by atoms with E-state index in [1.165, 1.54) is 0 Å². The summed E-state index contributed by atoms with van der Waals surface area (Å²) < 4.78 is 21.5. The summed E-state index contributed by atoms with van der Waals surface area (Å²) in [4.78, 5) is 23.4. The van der Waals surface area contributed by atoms with Crippen molar-refractivity contribution >= 4 is 11.9 Å². The van der Waals surface area contributed by atoms with Crippen LogP contribution in [-0.2, 0) is 31.9 Å². The molecule has 0 spiro atoms. The maximum absolute atomic E-state index is 12.3. The van der Waals surface area contributed by atoms with Gasteiger partial charge >= 0.3 is 11.9 Å². The number of aryl methyl sites for hydroxylation is 1. The van der Waals surface area contributed by atoms with Crippen molar-refractivity contribution in [2.45, 2.75) is 45.3 Å². The smallest absolute Gasteiger partial charge is 0.330 e. The first-order chi connectivity index (χ1) is 19.8. The predicted octanol–water partition coefficient (Wildman–Crippen LogP) is 6.23. The number of hydrogen-bond donors (Lipinski definition) is 1. The van der Waals surface area contributed by atoms with Gasteiger partial charge in [-0.15, -0.1) is 0 Å². The number of aliphatic hydroxyl groups excluding tert-OH is 1. The lowest BCUT2D eigenvalue weighted by Crippen LogP contribution is -2.13. The highest BCUT2D eigenvalue weighted by Crippen LogP contribution is 2.23. The highest BCUT2D eigenvalue weighted by molar-refractivity contribution is 5.81. The second-order valence-electron chi connectivity index (χ2n) is 9.59. The summed E-state index contributed by atoms with van der Waals surface area (Å²) in [5.74, 6) is 0.541. The standard InChI is InChI=1S/C34H38O7/c1-4-32(35)39-24-21-27-9-16-31(17-10-27)41-33(36)20-11-26-7-12-28(13-8-26)29-14-18-30(19-15-29)38-22-5-6-23-40-34(37)25(2)3/h4,7-10,12-19,34,37H,1-2,5-6,11,20-24H2,3H3. The summed E-state index contributed by atoms with van der Waals surface area (Å²) in [7, 11) is 0. The highest BCUT2D eigenvalue weighted by Gasteiger charge is 2.08. The molecule has 0 amide bonds. The molecule has 0 radical (unpaired) electrons. The molecule has 7 nitrogen and oxygen atoms in total. The van der Waals surface area contributed by atoms with E-state index in [0.717, 1.165) is 46.9 Å². The van der Waals surface area contributed by atoms with Crippen LogP contribution in [0.1, 0.15) is 37.3 Å². The number of rotatable bonds is 17. The number of aliphatic hydroxyl groups is 1. The number of carbonyl (C=O) groups excluding carboxylic acids is 2. The Morgan fingerprint density at radius 3 is 2.00 bits per heavy atom. The Bertz CT molecular complexity index is 1260. The minimum absolute atomic E-state index is 0.267. The van der Waals surface area contributed by atoms with Gasteiger partial charge in [-0.25, -0.2) is 4.79 Å². The molecule has 0 bridgehead atoms. The van der Waals surface area contributed by atoms with Crippen LogP contribution in [0.15, 0.2) is 97.6 Å². The fraction of sp³-hybridized carbons (Fsp3) is 0.294. The van der Waals surface area contributed by atoms with Gasteiger partial charge < -0.3 is 24.1 Å². The molecule has 0 aliphatic carbocycles. The Hall–Kier alpha value is -4.20. The molecule has 216 valence electrons. The summed E-state index contributed by atoms with van der Waals surface area (Å²) in [5.41, 5.74) is 4.78. The van der Waals surface area contributed by atoms with Crippen LogP contribution < -0.4 is 9.47 Å². The van der Waals surface area contributed by atoms with Gasteiger partial charge in [-0.1, -0.05) is 61.7 Å². The quantitative estimate of drug-likeness (QED) is 0.0524. The molecule has 0 aromatic heterocycles. The second kappa shape index (κ2) is 16.8. The Morgan fingerprint density at radius 1 is 0.805 bits per heavy atom. The van der Waals surface area contributed by atoms with Crippen LogP contribution in [0.25, 0.3) is 11.1 Å². The number of unbranched alkanes of at least 4 members (excludes halogenated alkanes) is 1. The topological polar surface area (TPSA) is 91.3 Å². The number of hydrogen-bond acceptors (Lipinski definition) is 7. The number of esters is 2. The summed E-state index contributed by atoms with van der Waals surface area (Å²) in [6, 6.07) is 23.2.